The Labute approximate surface area is 96.6 Å². The van der Waals surface area contributed by atoms with Crippen LogP contribution in [0.5, 0.6) is 0 Å². The highest BCUT2D eigenvalue weighted by molar-refractivity contribution is 6.34. The van der Waals surface area contributed by atoms with Crippen molar-refractivity contribution in [2.75, 3.05) is 12.4 Å². The summed E-state index contributed by atoms with van der Waals surface area (Å²) in [5, 5.41) is 14.0. The minimum Gasteiger partial charge on any atom is -0.453 e. The van der Waals surface area contributed by atoms with E-state index in [4.69, 9.17) is 22.5 Å². The van der Waals surface area contributed by atoms with Crippen LogP contribution in [0.25, 0.3) is 0 Å². The lowest BCUT2D eigenvalue weighted by Gasteiger charge is -2.07. The van der Waals surface area contributed by atoms with Gasteiger partial charge in [0, 0.05) is 5.56 Å². The van der Waals surface area contributed by atoms with Gasteiger partial charge in [-0.15, -0.1) is 0 Å². The second-order valence-electron chi connectivity index (χ2n) is 2.80. The van der Waals surface area contributed by atoms with Gasteiger partial charge >= 0.3 is 6.09 Å². The van der Waals surface area contributed by atoms with Crippen LogP contribution in [0.15, 0.2) is 23.4 Å². The molecular weight excluding hydrogens is 234 g/mol. The first-order valence-electron chi connectivity index (χ1n) is 4.21. The van der Waals surface area contributed by atoms with E-state index in [9.17, 15) is 4.79 Å². The average molecular weight is 244 g/mol. The smallest absolute Gasteiger partial charge is 0.411 e. The van der Waals surface area contributed by atoms with Crippen molar-refractivity contribution < 1.29 is 14.7 Å². The van der Waals surface area contributed by atoms with Gasteiger partial charge in [-0.05, 0) is 18.2 Å². The van der Waals surface area contributed by atoms with Crippen molar-refractivity contribution >= 4 is 29.2 Å². The first kappa shape index (κ1) is 12.1. The third-order valence-electron chi connectivity index (χ3n) is 1.79. The Kier molecular flexibility index (Phi) is 3.96. The predicted molar refractivity (Wildman–Crippen MR) is 60.0 cm³/mol. The minimum absolute atomic E-state index is 0.0634. The average Bonchev–Trinajstić information content (AvgIpc) is 2.30. The van der Waals surface area contributed by atoms with Crippen molar-refractivity contribution in [3.8, 4) is 0 Å². The summed E-state index contributed by atoms with van der Waals surface area (Å²) in [6, 6.07) is 4.53. The highest BCUT2D eigenvalue weighted by Crippen LogP contribution is 2.23. The lowest BCUT2D eigenvalue weighted by Crippen LogP contribution is -2.14. The standard InChI is InChI=1S/C9H10ClN3O3/c1-16-9(14)12-7-3-2-5(4-6(7)10)8(11)13-15/h2-4,15H,1H3,(H2,11,13)(H,12,14). The number of rotatable bonds is 2. The van der Waals surface area contributed by atoms with Crippen LogP contribution in [0.1, 0.15) is 5.56 Å². The number of benzene rings is 1. The first-order valence-corrected chi connectivity index (χ1v) is 4.58. The van der Waals surface area contributed by atoms with Gasteiger partial charge in [-0.3, -0.25) is 5.32 Å². The molecule has 1 aromatic rings. The van der Waals surface area contributed by atoms with E-state index in [1.165, 1.54) is 19.2 Å². The van der Waals surface area contributed by atoms with E-state index in [1.54, 1.807) is 6.07 Å². The number of methoxy groups -OCH3 is 1. The van der Waals surface area contributed by atoms with Gasteiger partial charge in [0.25, 0.3) is 0 Å². The molecule has 0 heterocycles. The zero-order valence-corrected chi connectivity index (χ0v) is 9.15. The largest absolute Gasteiger partial charge is 0.453 e. The fraction of sp³-hybridized carbons (Fsp3) is 0.111. The summed E-state index contributed by atoms with van der Waals surface area (Å²) in [6.07, 6.45) is -0.626. The molecule has 0 atom stereocenters. The number of hydrogen-bond donors (Lipinski definition) is 3. The maximum atomic E-state index is 10.9. The molecule has 0 spiro atoms. The van der Waals surface area contributed by atoms with E-state index in [2.05, 4.69) is 15.2 Å². The van der Waals surface area contributed by atoms with Gasteiger partial charge in [-0.1, -0.05) is 16.8 Å². The molecule has 0 aromatic heterocycles. The summed E-state index contributed by atoms with van der Waals surface area (Å²) >= 11 is 5.87. The summed E-state index contributed by atoms with van der Waals surface area (Å²) in [4.78, 5) is 10.9. The van der Waals surface area contributed by atoms with Crippen LogP contribution < -0.4 is 11.1 Å². The summed E-state index contributed by atoms with van der Waals surface area (Å²) in [5.41, 5.74) is 6.19. The molecule has 1 rings (SSSR count). The van der Waals surface area contributed by atoms with Crippen molar-refractivity contribution in [1.29, 1.82) is 0 Å². The number of ether oxygens (including phenoxy) is 1. The van der Waals surface area contributed by atoms with Crippen LogP contribution in [-0.4, -0.2) is 24.2 Å². The second kappa shape index (κ2) is 5.22. The Hall–Kier alpha value is -1.95. The SMILES string of the molecule is COC(=O)Nc1ccc(/C(N)=N/O)cc1Cl. The van der Waals surface area contributed by atoms with E-state index < -0.39 is 6.09 Å². The number of amides is 1. The lowest BCUT2D eigenvalue weighted by molar-refractivity contribution is 0.187. The molecule has 4 N–H and O–H groups in total. The quantitative estimate of drug-likeness (QED) is 0.318. The van der Waals surface area contributed by atoms with Gasteiger partial charge in [0.05, 0.1) is 17.8 Å². The maximum absolute atomic E-state index is 10.9. The van der Waals surface area contributed by atoms with Crippen LogP contribution in [0.4, 0.5) is 10.5 Å². The third-order valence-corrected chi connectivity index (χ3v) is 2.11. The topological polar surface area (TPSA) is 96.9 Å². The molecule has 1 amide bonds. The van der Waals surface area contributed by atoms with Crippen LogP contribution in [0, 0.1) is 0 Å². The molecule has 86 valence electrons. The van der Waals surface area contributed by atoms with Crippen LogP contribution >= 0.6 is 11.6 Å². The molecule has 6 nitrogen and oxygen atoms in total. The first-order chi connectivity index (χ1) is 7.58. The summed E-state index contributed by atoms with van der Waals surface area (Å²) in [5.74, 6) is -0.0634. The van der Waals surface area contributed by atoms with Crippen molar-refractivity contribution in [3.05, 3.63) is 28.8 Å². The normalized spacial score (nSPS) is 11.0. The number of carbonyl (C=O) groups is 1. The molecule has 0 saturated heterocycles. The highest BCUT2D eigenvalue weighted by atomic mass is 35.5. The molecule has 0 fully saturated rings. The molecule has 1 aromatic carbocycles. The molecule has 0 aliphatic heterocycles. The third kappa shape index (κ3) is 2.77. The molecule has 0 aliphatic carbocycles. The number of hydrogen-bond acceptors (Lipinski definition) is 4. The molecule has 16 heavy (non-hydrogen) atoms. The number of oxime groups is 1. The summed E-state index contributed by atoms with van der Waals surface area (Å²) in [7, 11) is 1.24. The Morgan fingerprint density at radius 3 is 2.81 bits per heavy atom. The number of amidine groups is 1. The number of carbonyl (C=O) groups excluding carboxylic acids is 1. The monoisotopic (exact) mass is 243 g/mol. The fourth-order valence-corrected chi connectivity index (χ4v) is 1.22. The van der Waals surface area contributed by atoms with Crippen molar-refractivity contribution in [1.82, 2.24) is 0 Å². The van der Waals surface area contributed by atoms with Crippen molar-refractivity contribution in [2.24, 2.45) is 10.9 Å². The lowest BCUT2D eigenvalue weighted by atomic mass is 10.2. The molecule has 0 unspecified atom stereocenters. The number of nitrogens with two attached hydrogens (primary N) is 1. The van der Waals surface area contributed by atoms with E-state index in [-0.39, 0.29) is 10.9 Å². The van der Waals surface area contributed by atoms with E-state index in [0.29, 0.717) is 11.3 Å². The van der Waals surface area contributed by atoms with Gasteiger partial charge in [0.15, 0.2) is 5.84 Å². The van der Waals surface area contributed by atoms with Gasteiger partial charge in [0.1, 0.15) is 0 Å². The molecule has 0 aliphatic rings. The minimum atomic E-state index is -0.626. The van der Waals surface area contributed by atoms with E-state index in [0.717, 1.165) is 0 Å². The number of nitrogens with zero attached hydrogens (tertiary/aromatic N) is 1. The van der Waals surface area contributed by atoms with Crippen LogP contribution in [0.3, 0.4) is 0 Å². The number of halogens is 1. The second-order valence-corrected chi connectivity index (χ2v) is 3.20. The van der Waals surface area contributed by atoms with Crippen molar-refractivity contribution in [3.63, 3.8) is 0 Å². The van der Waals surface area contributed by atoms with Gasteiger partial charge in [0.2, 0.25) is 0 Å². The Morgan fingerprint density at radius 2 is 2.31 bits per heavy atom. The van der Waals surface area contributed by atoms with E-state index in [1.807, 2.05) is 0 Å². The Bertz CT molecular complexity index is 434. The van der Waals surface area contributed by atoms with Gasteiger partial charge < -0.3 is 15.7 Å². The summed E-state index contributed by atoms with van der Waals surface area (Å²) < 4.78 is 4.41. The predicted octanol–water partition coefficient (Wildman–Crippen LogP) is 1.61. The van der Waals surface area contributed by atoms with Gasteiger partial charge in [-0.25, -0.2) is 4.79 Å². The Morgan fingerprint density at radius 1 is 1.62 bits per heavy atom. The van der Waals surface area contributed by atoms with Crippen molar-refractivity contribution in [2.45, 2.75) is 0 Å². The molecular formula is C9H10ClN3O3. The van der Waals surface area contributed by atoms with Crippen LogP contribution in [0.2, 0.25) is 5.02 Å². The highest BCUT2D eigenvalue weighted by Gasteiger charge is 2.07. The molecule has 0 bridgehead atoms. The Balaban J connectivity index is 2.96. The fourth-order valence-electron chi connectivity index (χ4n) is 0.995. The zero-order valence-electron chi connectivity index (χ0n) is 8.40. The summed E-state index contributed by atoms with van der Waals surface area (Å²) in [6.45, 7) is 0. The maximum Gasteiger partial charge on any atom is 0.411 e. The zero-order chi connectivity index (χ0) is 12.1. The molecule has 0 saturated carbocycles. The number of anilines is 1. The van der Waals surface area contributed by atoms with Gasteiger partial charge in [-0.2, -0.15) is 0 Å². The number of nitrogens with one attached hydrogen (secondary N) is 1. The molecule has 0 radical (unpaired) electrons. The molecule has 7 heteroatoms. The van der Waals surface area contributed by atoms with Crippen LogP contribution in [-0.2, 0) is 4.74 Å². The van der Waals surface area contributed by atoms with E-state index >= 15 is 0 Å².